The van der Waals surface area contributed by atoms with Gasteiger partial charge < -0.3 is 15.1 Å². The summed E-state index contributed by atoms with van der Waals surface area (Å²) in [7, 11) is 1.97. The van der Waals surface area contributed by atoms with E-state index in [1.807, 2.05) is 47.2 Å². The van der Waals surface area contributed by atoms with Gasteiger partial charge in [-0.2, -0.15) is 0 Å². The maximum atomic E-state index is 12.8. The summed E-state index contributed by atoms with van der Waals surface area (Å²) in [5, 5.41) is 2.92. The molecular weight excluding hydrogens is 314 g/mol. The molecule has 1 saturated carbocycles. The van der Waals surface area contributed by atoms with Crippen LogP contribution in [0.25, 0.3) is 0 Å². The Hall–Kier alpha value is -2.04. The van der Waals surface area contributed by atoms with Crippen molar-refractivity contribution in [1.29, 1.82) is 0 Å². The van der Waals surface area contributed by atoms with Crippen molar-refractivity contribution >= 4 is 17.6 Å². The molecule has 1 aromatic rings. The topological polar surface area (TPSA) is 52.7 Å². The van der Waals surface area contributed by atoms with Crippen LogP contribution in [0.15, 0.2) is 30.3 Å². The quantitative estimate of drug-likeness (QED) is 0.909. The molecule has 0 bridgehead atoms. The van der Waals surface area contributed by atoms with Crippen LogP contribution in [-0.4, -0.2) is 47.9 Å². The smallest absolute Gasteiger partial charge is 0.321 e. The average Bonchev–Trinajstić information content (AvgIpc) is 2.68. The fourth-order valence-electron chi connectivity index (χ4n) is 3.99. The lowest BCUT2D eigenvalue weighted by atomic mass is 9.91. The summed E-state index contributed by atoms with van der Waals surface area (Å²) in [6, 6.07) is 9.85. The van der Waals surface area contributed by atoms with Gasteiger partial charge in [0.25, 0.3) is 0 Å². The van der Waals surface area contributed by atoms with E-state index in [1.165, 1.54) is 19.3 Å². The molecule has 3 amide bonds. The van der Waals surface area contributed by atoms with Crippen LogP contribution >= 0.6 is 0 Å². The number of urea groups is 1. The van der Waals surface area contributed by atoms with Gasteiger partial charge >= 0.3 is 6.03 Å². The molecule has 136 valence electrons. The zero-order valence-corrected chi connectivity index (χ0v) is 15.1. The number of piperidine rings is 1. The Morgan fingerprint density at radius 3 is 2.28 bits per heavy atom. The molecular formula is C20H29N3O2. The Labute approximate surface area is 150 Å². The molecule has 5 nitrogen and oxygen atoms in total. The average molecular weight is 343 g/mol. The summed E-state index contributed by atoms with van der Waals surface area (Å²) in [5.74, 6) is 0.336. The van der Waals surface area contributed by atoms with Crippen LogP contribution < -0.4 is 5.32 Å². The van der Waals surface area contributed by atoms with E-state index in [0.29, 0.717) is 19.1 Å². The van der Waals surface area contributed by atoms with E-state index in [-0.39, 0.29) is 17.9 Å². The van der Waals surface area contributed by atoms with E-state index >= 15 is 0 Å². The third-order valence-electron chi connectivity index (χ3n) is 5.63. The van der Waals surface area contributed by atoms with Crippen LogP contribution in [0.5, 0.6) is 0 Å². The Morgan fingerprint density at radius 1 is 1.00 bits per heavy atom. The first-order valence-electron chi connectivity index (χ1n) is 9.53. The summed E-state index contributed by atoms with van der Waals surface area (Å²) in [6.45, 7) is 1.29. The SMILES string of the molecule is CN(C(=O)C1CCN(C(=O)Nc2ccccc2)CC1)C1CCCCC1. The molecule has 0 radical (unpaired) electrons. The second-order valence-electron chi connectivity index (χ2n) is 7.30. The lowest BCUT2D eigenvalue weighted by Crippen LogP contribution is -2.47. The molecule has 1 aliphatic carbocycles. The lowest BCUT2D eigenvalue weighted by Gasteiger charge is -2.37. The largest absolute Gasteiger partial charge is 0.343 e. The summed E-state index contributed by atoms with van der Waals surface area (Å²) in [5.41, 5.74) is 0.808. The van der Waals surface area contributed by atoms with E-state index in [1.54, 1.807) is 0 Å². The minimum Gasteiger partial charge on any atom is -0.343 e. The second kappa shape index (κ2) is 8.37. The highest BCUT2D eigenvalue weighted by molar-refractivity contribution is 5.89. The zero-order valence-electron chi connectivity index (χ0n) is 15.1. The van der Waals surface area contributed by atoms with Gasteiger partial charge in [-0.3, -0.25) is 4.79 Å². The first kappa shape index (κ1) is 17.8. The molecule has 1 aromatic carbocycles. The van der Waals surface area contributed by atoms with Crippen LogP contribution in [0, 0.1) is 5.92 Å². The highest BCUT2D eigenvalue weighted by Crippen LogP contribution is 2.26. The molecule has 25 heavy (non-hydrogen) atoms. The number of benzene rings is 1. The van der Waals surface area contributed by atoms with Gasteiger partial charge in [-0.05, 0) is 37.8 Å². The molecule has 5 heteroatoms. The second-order valence-corrected chi connectivity index (χ2v) is 7.30. The number of amides is 3. The van der Waals surface area contributed by atoms with Gasteiger partial charge in [0.05, 0.1) is 0 Å². The number of likely N-dealkylation sites (tertiary alicyclic amines) is 1. The number of hydrogen-bond donors (Lipinski definition) is 1. The molecule has 1 N–H and O–H groups in total. The molecule has 1 saturated heterocycles. The van der Waals surface area contributed by atoms with E-state index in [4.69, 9.17) is 0 Å². The van der Waals surface area contributed by atoms with Crippen LogP contribution in [0.4, 0.5) is 10.5 Å². The van der Waals surface area contributed by atoms with Crippen LogP contribution in [-0.2, 0) is 4.79 Å². The Morgan fingerprint density at radius 2 is 1.64 bits per heavy atom. The zero-order chi connectivity index (χ0) is 17.6. The van der Waals surface area contributed by atoms with Crippen LogP contribution in [0.1, 0.15) is 44.9 Å². The first-order valence-corrected chi connectivity index (χ1v) is 9.53. The van der Waals surface area contributed by atoms with E-state index in [0.717, 1.165) is 31.4 Å². The van der Waals surface area contributed by atoms with Gasteiger partial charge in [0.15, 0.2) is 0 Å². The summed E-state index contributed by atoms with van der Waals surface area (Å²) < 4.78 is 0. The number of hydrogen-bond acceptors (Lipinski definition) is 2. The summed E-state index contributed by atoms with van der Waals surface area (Å²) >= 11 is 0. The Balaban J connectivity index is 1.47. The molecule has 1 heterocycles. The van der Waals surface area contributed by atoms with E-state index in [2.05, 4.69) is 5.32 Å². The normalized spacial score (nSPS) is 19.5. The molecule has 3 rings (SSSR count). The maximum Gasteiger partial charge on any atom is 0.321 e. The number of para-hydroxylation sites is 1. The number of carbonyl (C=O) groups excluding carboxylic acids is 2. The monoisotopic (exact) mass is 343 g/mol. The minimum atomic E-state index is -0.0715. The van der Waals surface area contributed by atoms with E-state index in [9.17, 15) is 9.59 Å². The van der Waals surface area contributed by atoms with Gasteiger partial charge in [-0.15, -0.1) is 0 Å². The number of nitrogens with one attached hydrogen (secondary N) is 1. The van der Waals surface area contributed by atoms with Crippen molar-refractivity contribution < 1.29 is 9.59 Å². The van der Waals surface area contributed by atoms with Crippen molar-refractivity contribution in [2.45, 2.75) is 51.0 Å². The lowest BCUT2D eigenvalue weighted by molar-refractivity contribution is -0.138. The van der Waals surface area contributed by atoms with Gasteiger partial charge in [0, 0.05) is 37.8 Å². The van der Waals surface area contributed by atoms with Crippen molar-refractivity contribution in [3.8, 4) is 0 Å². The molecule has 0 atom stereocenters. The van der Waals surface area contributed by atoms with Gasteiger partial charge in [0.1, 0.15) is 0 Å². The van der Waals surface area contributed by atoms with Crippen LogP contribution in [0.2, 0.25) is 0 Å². The van der Waals surface area contributed by atoms with Crippen molar-refractivity contribution in [3.63, 3.8) is 0 Å². The number of nitrogens with zero attached hydrogens (tertiary/aromatic N) is 2. The predicted octanol–water partition coefficient (Wildman–Crippen LogP) is 3.72. The number of rotatable bonds is 3. The standard InChI is InChI=1S/C20H29N3O2/c1-22(18-10-6-3-7-11-18)19(24)16-12-14-23(15-13-16)20(25)21-17-8-4-2-5-9-17/h2,4-5,8-9,16,18H,3,6-7,10-15H2,1H3,(H,21,25). The molecule has 0 spiro atoms. The molecule has 0 unspecified atom stereocenters. The van der Waals surface area contributed by atoms with Crippen molar-refractivity contribution in [3.05, 3.63) is 30.3 Å². The number of carbonyl (C=O) groups is 2. The molecule has 2 aliphatic rings. The van der Waals surface area contributed by atoms with Crippen molar-refractivity contribution in [2.75, 3.05) is 25.5 Å². The fourth-order valence-corrected chi connectivity index (χ4v) is 3.99. The molecule has 2 fully saturated rings. The third-order valence-corrected chi connectivity index (χ3v) is 5.63. The number of anilines is 1. The maximum absolute atomic E-state index is 12.8. The van der Waals surface area contributed by atoms with Crippen molar-refractivity contribution in [1.82, 2.24) is 9.80 Å². The first-order chi connectivity index (χ1) is 12.1. The van der Waals surface area contributed by atoms with Gasteiger partial charge in [-0.1, -0.05) is 37.5 Å². The molecule has 0 aromatic heterocycles. The summed E-state index contributed by atoms with van der Waals surface area (Å²) in [6.07, 6.45) is 7.57. The minimum absolute atomic E-state index is 0.0627. The Bertz CT molecular complexity index is 576. The van der Waals surface area contributed by atoms with E-state index < -0.39 is 0 Å². The highest BCUT2D eigenvalue weighted by atomic mass is 16.2. The van der Waals surface area contributed by atoms with Crippen LogP contribution in [0.3, 0.4) is 0 Å². The third kappa shape index (κ3) is 4.53. The molecule has 1 aliphatic heterocycles. The van der Waals surface area contributed by atoms with Crippen molar-refractivity contribution in [2.24, 2.45) is 5.92 Å². The fraction of sp³-hybridized carbons (Fsp3) is 0.600. The predicted molar refractivity (Wildman–Crippen MR) is 99.4 cm³/mol. The highest BCUT2D eigenvalue weighted by Gasteiger charge is 2.31. The summed E-state index contributed by atoms with van der Waals surface area (Å²) in [4.78, 5) is 28.9. The van der Waals surface area contributed by atoms with Gasteiger partial charge in [-0.25, -0.2) is 4.79 Å². The van der Waals surface area contributed by atoms with Gasteiger partial charge in [0.2, 0.25) is 5.91 Å². The Kier molecular flexibility index (Phi) is 5.95.